The molecule has 0 saturated heterocycles. The lowest BCUT2D eigenvalue weighted by atomic mass is 9.99. The van der Waals surface area contributed by atoms with Gasteiger partial charge in [-0.25, -0.2) is 0 Å². The molecule has 2 rings (SSSR count). The number of fused-ring (bicyclic) bond motifs is 1. The van der Waals surface area contributed by atoms with Crippen LogP contribution in [0.4, 0.5) is 0 Å². The molecule has 13 heavy (non-hydrogen) atoms. The normalized spacial score (nSPS) is 15.8. The lowest BCUT2D eigenvalue weighted by molar-refractivity contribution is 0.316. The van der Waals surface area contributed by atoms with Crippen LogP contribution in [0.5, 0.6) is 5.75 Å². The average molecular weight is 176 g/mol. The minimum Gasteiger partial charge on any atom is -0.493 e. The summed E-state index contributed by atoms with van der Waals surface area (Å²) >= 11 is 0. The zero-order valence-electron chi connectivity index (χ0n) is 8.39. The Kier molecular flexibility index (Phi) is 2.26. The second-order valence-electron chi connectivity index (χ2n) is 3.79. The van der Waals surface area contributed by atoms with E-state index in [1.54, 1.807) is 0 Å². The van der Waals surface area contributed by atoms with Gasteiger partial charge < -0.3 is 4.74 Å². The van der Waals surface area contributed by atoms with Crippen molar-refractivity contribution >= 4 is 0 Å². The van der Waals surface area contributed by atoms with Gasteiger partial charge in [-0.3, -0.25) is 0 Å². The van der Waals surface area contributed by atoms with Gasteiger partial charge in [0.25, 0.3) is 0 Å². The molecule has 0 bridgehead atoms. The minimum absolute atomic E-state index is 0.884. The number of ether oxygens (including phenoxy) is 1. The van der Waals surface area contributed by atoms with Crippen molar-refractivity contribution < 1.29 is 4.74 Å². The van der Waals surface area contributed by atoms with Crippen molar-refractivity contribution in [1.82, 2.24) is 0 Å². The maximum atomic E-state index is 5.68. The molecule has 1 aromatic carbocycles. The monoisotopic (exact) mass is 176 g/mol. The van der Waals surface area contributed by atoms with Crippen LogP contribution in [0.1, 0.15) is 29.5 Å². The summed E-state index contributed by atoms with van der Waals surface area (Å²) < 4.78 is 5.68. The second-order valence-corrected chi connectivity index (χ2v) is 3.79. The molecule has 0 atom stereocenters. The molecule has 1 nitrogen and oxygen atoms in total. The molecule has 1 aromatic rings. The summed E-state index contributed by atoms with van der Waals surface area (Å²) in [5.41, 5.74) is 4.22. The molecule has 0 aromatic heterocycles. The highest BCUT2D eigenvalue weighted by Gasteiger charge is 2.11. The van der Waals surface area contributed by atoms with E-state index in [-0.39, 0.29) is 0 Å². The summed E-state index contributed by atoms with van der Waals surface area (Å²) in [5.74, 6) is 1.11. The first-order chi connectivity index (χ1) is 6.29. The van der Waals surface area contributed by atoms with E-state index >= 15 is 0 Å². The van der Waals surface area contributed by atoms with Crippen molar-refractivity contribution in [2.45, 2.75) is 33.1 Å². The summed E-state index contributed by atoms with van der Waals surface area (Å²) in [4.78, 5) is 0. The Balaban J connectivity index is 2.48. The van der Waals surface area contributed by atoms with E-state index in [0.29, 0.717) is 0 Å². The first-order valence-electron chi connectivity index (χ1n) is 5.01. The van der Waals surface area contributed by atoms with E-state index in [1.807, 2.05) is 0 Å². The van der Waals surface area contributed by atoms with Crippen molar-refractivity contribution in [3.63, 3.8) is 0 Å². The van der Waals surface area contributed by atoms with Gasteiger partial charge in [0, 0.05) is 0 Å². The third-order valence-electron chi connectivity index (χ3n) is 2.90. The van der Waals surface area contributed by atoms with Gasteiger partial charge in [0.1, 0.15) is 5.75 Å². The Labute approximate surface area is 79.7 Å². The van der Waals surface area contributed by atoms with Crippen LogP contribution in [-0.4, -0.2) is 6.61 Å². The maximum Gasteiger partial charge on any atom is 0.122 e. The van der Waals surface area contributed by atoms with Crippen molar-refractivity contribution in [3.8, 4) is 5.75 Å². The summed E-state index contributed by atoms with van der Waals surface area (Å²) in [6, 6.07) is 4.27. The minimum atomic E-state index is 0.884. The number of benzene rings is 1. The van der Waals surface area contributed by atoms with Crippen LogP contribution in [0.2, 0.25) is 0 Å². The predicted octanol–water partition coefficient (Wildman–Crippen LogP) is 3.02. The lowest BCUT2D eigenvalue weighted by Crippen LogP contribution is -1.96. The van der Waals surface area contributed by atoms with Crippen molar-refractivity contribution in [2.24, 2.45) is 0 Å². The van der Waals surface area contributed by atoms with Gasteiger partial charge in [-0.15, -0.1) is 0 Å². The maximum absolute atomic E-state index is 5.68. The second kappa shape index (κ2) is 3.41. The molecule has 0 saturated carbocycles. The number of rotatable bonds is 0. The Morgan fingerprint density at radius 2 is 2.00 bits per heavy atom. The lowest BCUT2D eigenvalue weighted by Gasteiger charge is -2.11. The number of hydrogen-bond donors (Lipinski definition) is 0. The zero-order chi connectivity index (χ0) is 9.26. The van der Waals surface area contributed by atoms with E-state index in [4.69, 9.17) is 4.74 Å². The molecule has 70 valence electrons. The van der Waals surface area contributed by atoms with Gasteiger partial charge in [0.05, 0.1) is 6.61 Å². The summed E-state index contributed by atoms with van der Waals surface area (Å²) in [6.07, 6.45) is 3.63. The van der Waals surface area contributed by atoms with Crippen LogP contribution in [0.3, 0.4) is 0 Å². The fourth-order valence-corrected chi connectivity index (χ4v) is 1.88. The van der Waals surface area contributed by atoms with Gasteiger partial charge in [-0.2, -0.15) is 0 Å². The SMILES string of the molecule is Cc1ccc2c(c1C)CCCCO2. The molecule has 0 amide bonds. The molecule has 1 aliphatic rings. The van der Waals surface area contributed by atoms with Gasteiger partial charge >= 0.3 is 0 Å². The van der Waals surface area contributed by atoms with Crippen LogP contribution in [0.25, 0.3) is 0 Å². The Morgan fingerprint density at radius 1 is 1.15 bits per heavy atom. The van der Waals surface area contributed by atoms with E-state index in [9.17, 15) is 0 Å². The fraction of sp³-hybridized carbons (Fsp3) is 0.500. The van der Waals surface area contributed by atoms with Crippen LogP contribution in [-0.2, 0) is 6.42 Å². The highest BCUT2D eigenvalue weighted by molar-refractivity contribution is 5.44. The molecule has 0 spiro atoms. The van der Waals surface area contributed by atoms with Crippen LogP contribution in [0.15, 0.2) is 12.1 Å². The van der Waals surface area contributed by atoms with Crippen molar-refractivity contribution in [2.75, 3.05) is 6.61 Å². The molecular formula is C12H16O. The Bertz CT molecular complexity index is 315. The zero-order valence-corrected chi connectivity index (χ0v) is 8.39. The number of aryl methyl sites for hydroxylation is 1. The standard InChI is InChI=1S/C12H16O/c1-9-6-7-12-11(10(9)2)5-3-4-8-13-12/h6-7H,3-5,8H2,1-2H3. The molecule has 0 aliphatic carbocycles. The quantitative estimate of drug-likeness (QED) is 0.590. The van der Waals surface area contributed by atoms with E-state index in [2.05, 4.69) is 26.0 Å². The fourth-order valence-electron chi connectivity index (χ4n) is 1.88. The van der Waals surface area contributed by atoms with Crippen LogP contribution in [0, 0.1) is 13.8 Å². The third-order valence-corrected chi connectivity index (χ3v) is 2.90. The molecule has 1 aliphatic heterocycles. The van der Waals surface area contributed by atoms with Gasteiger partial charge in [-0.1, -0.05) is 6.07 Å². The summed E-state index contributed by atoms with van der Waals surface area (Å²) in [5, 5.41) is 0. The predicted molar refractivity (Wildman–Crippen MR) is 54.3 cm³/mol. The van der Waals surface area contributed by atoms with Crippen molar-refractivity contribution in [1.29, 1.82) is 0 Å². The van der Waals surface area contributed by atoms with Gasteiger partial charge in [0.15, 0.2) is 0 Å². The first-order valence-corrected chi connectivity index (χ1v) is 5.01. The summed E-state index contributed by atoms with van der Waals surface area (Å²) in [6.45, 7) is 5.25. The van der Waals surface area contributed by atoms with Crippen molar-refractivity contribution in [3.05, 3.63) is 28.8 Å². The molecule has 0 radical (unpaired) electrons. The molecule has 0 unspecified atom stereocenters. The van der Waals surface area contributed by atoms with Gasteiger partial charge in [-0.05, 0) is 55.9 Å². The van der Waals surface area contributed by atoms with Gasteiger partial charge in [0.2, 0.25) is 0 Å². The third kappa shape index (κ3) is 1.55. The highest BCUT2D eigenvalue weighted by Crippen LogP contribution is 2.28. The Hall–Kier alpha value is -0.980. The molecule has 1 heterocycles. The number of hydrogen-bond acceptors (Lipinski definition) is 1. The smallest absolute Gasteiger partial charge is 0.122 e. The highest BCUT2D eigenvalue weighted by atomic mass is 16.5. The van der Waals surface area contributed by atoms with E-state index in [0.717, 1.165) is 12.4 Å². The van der Waals surface area contributed by atoms with Crippen LogP contribution >= 0.6 is 0 Å². The molecular weight excluding hydrogens is 160 g/mol. The molecule has 0 N–H and O–H groups in total. The molecule has 0 fully saturated rings. The summed E-state index contributed by atoms with van der Waals surface area (Å²) in [7, 11) is 0. The average Bonchev–Trinajstić information content (AvgIpc) is 2.36. The largest absolute Gasteiger partial charge is 0.493 e. The Morgan fingerprint density at radius 3 is 2.85 bits per heavy atom. The molecule has 1 heteroatoms. The topological polar surface area (TPSA) is 9.23 Å². The van der Waals surface area contributed by atoms with Crippen LogP contribution < -0.4 is 4.74 Å². The van der Waals surface area contributed by atoms with E-state index in [1.165, 1.54) is 36.0 Å². The first kappa shape index (κ1) is 8.61. The van der Waals surface area contributed by atoms with E-state index < -0.39 is 0 Å².